The molecular weight excluding hydrogens is 525 g/mol. The number of fused-ring (bicyclic) bond motifs is 1. The van der Waals surface area contributed by atoms with E-state index in [1.54, 1.807) is 12.1 Å². The molecular formula is C26H19F3N2O4S2. The molecule has 0 bridgehead atoms. The van der Waals surface area contributed by atoms with E-state index in [0.717, 1.165) is 26.7 Å². The highest BCUT2D eigenvalue weighted by atomic mass is 32.2. The molecule has 5 aromatic rings. The SMILES string of the molecule is COc1ccc(-c2nc(-c3ccc(C(F)(F)F)cc3)oc2Sc2nc3ccccc3s2)c(OC)c1OC. The number of hydrogen-bond acceptors (Lipinski definition) is 8. The molecule has 0 radical (unpaired) electrons. The summed E-state index contributed by atoms with van der Waals surface area (Å²) in [4.78, 5) is 9.32. The standard InChI is InChI=1S/C26H19F3N2O4S2/c1-32-18-13-12-16(21(33-2)22(18)34-3)20-24(37-25-30-17-6-4-5-7-19(17)36-25)35-23(31-20)14-8-10-15(11-9-14)26(27,28)29/h4-13H,1-3H3. The highest BCUT2D eigenvalue weighted by molar-refractivity contribution is 8.01. The number of thiazole rings is 1. The van der Waals surface area contributed by atoms with E-state index in [9.17, 15) is 13.2 Å². The van der Waals surface area contributed by atoms with Crippen LogP contribution in [0.5, 0.6) is 17.2 Å². The maximum atomic E-state index is 13.1. The summed E-state index contributed by atoms with van der Waals surface area (Å²) in [6.07, 6.45) is -4.44. The molecule has 190 valence electrons. The van der Waals surface area contributed by atoms with Crippen LogP contribution in [0.2, 0.25) is 0 Å². The van der Waals surface area contributed by atoms with Crippen molar-refractivity contribution in [2.75, 3.05) is 21.3 Å². The number of halogens is 3. The molecule has 0 fully saturated rings. The molecule has 0 atom stereocenters. The molecule has 11 heteroatoms. The number of para-hydroxylation sites is 1. The molecule has 0 aliphatic heterocycles. The van der Waals surface area contributed by atoms with E-state index < -0.39 is 11.7 Å². The summed E-state index contributed by atoms with van der Waals surface area (Å²) in [5.41, 5.74) is 1.48. The Morgan fingerprint density at radius 1 is 0.838 bits per heavy atom. The fraction of sp³-hybridized carbons (Fsp3) is 0.154. The van der Waals surface area contributed by atoms with Gasteiger partial charge in [0.05, 0.1) is 42.7 Å². The van der Waals surface area contributed by atoms with Crippen molar-refractivity contribution in [3.05, 3.63) is 66.2 Å². The first-order valence-corrected chi connectivity index (χ1v) is 12.5. The average Bonchev–Trinajstić information content (AvgIpc) is 3.51. The fourth-order valence-corrected chi connectivity index (χ4v) is 5.77. The van der Waals surface area contributed by atoms with Gasteiger partial charge in [0.25, 0.3) is 0 Å². The van der Waals surface area contributed by atoms with Crippen molar-refractivity contribution in [2.24, 2.45) is 0 Å². The van der Waals surface area contributed by atoms with Gasteiger partial charge in [-0.25, -0.2) is 9.97 Å². The van der Waals surface area contributed by atoms with E-state index in [0.29, 0.717) is 39.2 Å². The molecule has 0 spiro atoms. The van der Waals surface area contributed by atoms with Gasteiger partial charge in [0.15, 0.2) is 20.9 Å². The molecule has 6 nitrogen and oxygen atoms in total. The lowest BCUT2D eigenvalue weighted by molar-refractivity contribution is -0.137. The number of oxazole rings is 1. The van der Waals surface area contributed by atoms with Crippen molar-refractivity contribution in [2.45, 2.75) is 15.6 Å². The van der Waals surface area contributed by atoms with Gasteiger partial charge in [-0.05, 0) is 60.3 Å². The first-order chi connectivity index (χ1) is 17.8. The Labute approximate surface area is 218 Å². The van der Waals surface area contributed by atoms with Crippen LogP contribution in [-0.4, -0.2) is 31.3 Å². The number of ether oxygens (including phenoxy) is 3. The topological polar surface area (TPSA) is 66.6 Å². The second-order valence-corrected chi connectivity index (χ2v) is 9.91. The van der Waals surface area contributed by atoms with Gasteiger partial charge in [0, 0.05) is 5.56 Å². The zero-order valence-corrected chi connectivity index (χ0v) is 21.4. The summed E-state index contributed by atoms with van der Waals surface area (Å²) in [6.45, 7) is 0. The van der Waals surface area contributed by atoms with E-state index in [1.165, 1.54) is 56.6 Å². The fourth-order valence-electron chi connectivity index (χ4n) is 3.73. The zero-order chi connectivity index (χ0) is 26.2. The first kappa shape index (κ1) is 25.0. The van der Waals surface area contributed by atoms with E-state index in [2.05, 4.69) is 9.97 Å². The van der Waals surface area contributed by atoms with Gasteiger partial charge in [0.2, 0.25) is 11.6 Å². The second kappa shape index (κ2) is 9.98. The Hall–Kier alpha value is -3.70. The van der Waals surface area contributed by atoms with Crippen LogP contribution >= 0.6 is 23.1 Å². The number of nitrogens with zero attached hydrogens (tertiary/aromatic N) is 2. The van der Waals surface area contributed by atoms with Gasteiger partial charge in [-0.1, -0.05) is 12.1 Å². The summed E-state index contributed by atoms with van der Waals surface area (Å²) in [5.74, 6) is 1.37. The van der Waals surface area contributed by atoms with Crippen molar-refractivity contribution in [1.29, 1.82) is 0 Å². The maximum Gasteiger partial charge on any atom is 0.416 e. The predicted octanol–water partition coefficient (Wildman–Crippen LogP) is 7.81. The van der Waals surface area contributed by atoms with E-state index >= 15 is 0 Å². The number of benzene rings is 3. The zero-order valence-electron chi connectivity index (χ0n) is 19.8. The largest absolute Gasteiger partial charge is 0.493 e. The quantitative estimate of drug-likeness (QED) is 0.207. The smallest absolute Gasteiger partial charge is 0.416 e. The molecule has 3 aromatic carbocycles. The van der Waals surface area contributed by atoms with Crippen LogP contribution < -0.4 is 14.2 Å². The van der Waals surface area contributed by atoms with Crippen LogP contribution in [0.25, 0.3) is 32.9 Å². The molecule has 0 aliphatic carbocycles. The van der Waals surface area contributed by atoms with Crippen LogP contribution in [0.4, 0.5) is 13.2 Å². The van der Waals surface area contributed by atoms with E-state index in [1.807, 2.05) is 24.3 Å². The maximum absolute atomic E-state index is 13.1. The van der Waals surface area contributed by atoms with Gasteiger partial charge in [-0.3, -0.25) is 0 Å². The molecule has 0 unspecified atom stereocenters. The van der Waals surface area contributed by atoms with Gasteiger partial charge in [0.1, 0.15) is 5.69 Å². The Morgan fingerprint density at radius 2 is 1.57 bits per heavy atom. The van der Waals surface area contributed by atoms with Gasteiger partial charge in [-0.2, -0.15) is 13.2 Å². The van der Waals surface area contributed by atoms with Crippen LogP contribution in [0, 0.1) is 0 Å². The van der Waals surface area contributed by atoms with Crippen LogP contribution in [-0.2, 0) is 6.18 Å². The minimum Gasteiger partial charge on any atom is -0.493 e. The van der Waals surface area contributed by atoms with Crippen molar-refractivity contribution in [3.63, 3.8) is 0 Å². The van der Waals surface area contributed by atoms with Crippen molar-refractivity contribution < 1.29 is 31.8 Å². The Bertz CT molecular complexity index is 1530. The van der Waals surface area contributed by atoms with Gasteiger partial charge < -0.3 is 18.6 Å². The minimum absolute atomic E-state index is 0.157. The predicted molar refractivity (Wildman–Crippen MR) is 136 cm³/mol. The molecule has 0 N–H and O–H groups in total. The lowest BCUT2D eigenvalue weighted by atomic mass is 10.1. The Kier molecular flexibility index (Phi) is 6.74. The third-order valence-electron chi connectivity index (χ3n) is 5.47. The second-order valence-electron chi connectivity index (χ2n) is 7.66. The van der Waals surface area contributed by atoms with Crippen molar-refractivity contribution in [3.8, 4) is 40.0 Å². The average molecular weight is 545 g/mol. The minimum atomic E-state index is -4.44. The number of rotatable bonds is 7. The molecule has 37 heavy (non-hydrogen) atoms. The highest BCUT2D eigenvalue weighted by Gasteiger charge is 2.30. The number of hydrogen-bond donors (Lipinski definition) is 0. The summed E-state index contributed by atoms with van der Waals surface area (Å²) in [7, 11) is 4.51. The summed E-state index contributed by atoms with van der Waals surface area (Å²) in [6, 6.07) is 15.9. The van der Waals surface area contributed by atoms with Crippen LogP contribution in [0.3, 0.4) is 0 Å². The van der Waals surface area contributed by atoms with Gasteiger partial charge >= 0.3 is 6.18 Å². The molecule has 2 aromatic heterocycles. The van der Waals surface area contributed by atoms with Crippen LogP contribution in [0.1, 0.15) is 5.56 Å². The Morgan fingerprint density at radius 3 is 2.22 bits per heavy atom. The summed E-state index contributed by atoms with van der Waals surface area (Å²) < 4.78 is 63.6. The Balaban J connectivity index is 1.64. The number of alkyl halides is 3. The molecule has 0 saturated heterocycles. The van der Waals surface area contributed by atoms with E-state index in [4.69, 9.17) is 18.6 Å². The first-order valence-electron chi connectivity index (χ1n) is 10.8. The van der Waals surface area contributed by atoms with Gasteiger partial charge in [-0.15, -0.1) is 11.3 Å². The van der Waals surface area contributed by atoms with E-state index in [-0.39, 0.29) is 5.89 Å². The summed E-state index contributed by atoms with van der Waals surface area (Å²) >= 11 is 2.76. The van der Waals surface area contributed by atoms with Crippen LogP contribution in [0.15, 0.2) is 74.5 Å². The molecule has 0 amide bonds. The highest BCUT2D eigenvalue weighted by Crippen LogP contribution is 2.48. The molecule has 2 heterocycles. The number of aromatic nitrogens is 2. The molecule has 0 saturated carbocycles. The third-order valence-corrected chi connectivity index (χ3v) is 7.53. The lowest BCUT2D eigenvalue weighted by Gasteiger charge is -2.15. The summed E-state index contributed by atoms with van der Waals surface area (Å²) in [5, 5.41) is 0.402. The number of methoxy groups -OCH3 is 3. The molecule has 0 aliphatic rings. The third kappa shape index (κ3) is 4.84. The van der Waals surface area contributed by atoms with Crippen molar-refractivity contribution >= 4 is 33.3 Å². The van der Waals surface area contributed by atoms with Crippen molar-refractivity contribution in [1.82, 2.24) is 9.97 Å². The lowest BCUT2D eigenvalue weighted by Crippen LogP contribution is -2.03. The molecule has 5 rings (SSSR count). The normalized spacial score (nSPS) is 11.6. The monoisotopic (exact) mass is 544 g/mol.